The van der Waals surface area contributed by atoms with Gasteiger partial charge in [0, 0.05) is 18.3 Å². The van der Waals surface area contributed by atoms with E-state index in [0.29, 0.717) is 17.9 Å². The Hall–Kier alpha value is -1.39. The highest BCUT2D eigenvalue weighted by Crippen LogP contribution is 2.33. The minimum absolute atomic E-state index is 0.0733. The van der Waals surface area contributed by atoms with E-state index >= 15 is 0 Å². The number of benzene rings is 1. The van der Waals surface area contributed by atoms with Crippen molar-refractivity contribution in [2.24, 2.45) is 11.8 Å². The van der Waals surface area contributed by atoms with Gasteiger partial charge in [-0.3, -0.25) is 9.69 Å². The smallest absolute Gasteiger partial charge is 0.241 e. The molecule has 0 spiro atoms. The number of anilines is 1. The quantitative estimate of drug-likeness (QED) is 0.878. The van der Waals surface area contributed by atoms with Crippen LogP contribution in [0.4, 0.5) is 5.69 Å². The largest absolute Gasteiger partial charge is 0.325 e. The molecule has 4 atom stereocenters. The first-order valence-corrected chi connectivity index (χ1v) is 7.49. The first kappa shape index (κ1) is 13.6. The second-order valence-electron chi connectivity index (χ2n) is 6.05. The van der Waals surface area contributed by atoms with Crippen molar-refractivity contribution in [3.8, 4) is 0 Å². The number of hydrogen-bond donors (Lipinski definition) is 2. The number of rotatable bonds is 3. The van der Waals surface area contributed by atoms with Gasteiger partial charge in [0.2, 0.25) is 5.91 Å². The summed E-state index contributed by atoms with van der Waals surface area (Å²) in [6, 6.07) is 10.1. The molecule has 4 heteroatoms. The van der Waals surface area contributed by atoms with Gasteiger partial charge in [0.05, 0.1) is 6.04 Å². The Morgan fingerprint density at radius 3 is 2.80 bits per heavy atom. The maximum atomic E-state index is 12.4. The van der Waals surface area contributed by atoms with Crippen LogP contribution in [0.5, 0.6) is 0 Å². The molecule has 1 aromatic carbocycles. The van der Waals surface area contributed by atoms with E-state index in [2.05, 4.69) is 22.5 Å². The van der Waals surface area contributed by atoms with Crippen LogP contribution in [0.3, 0.4) is 0 Å². The number of fused-ring (bicyclic) bond motifs is 1. The molecular formula is C16H23N3O. The molecule has 2 fully saturated rings. The maximum Gasteiger partial charge on any atom is 0.241 e. The number of carbonyl (C=O) groups excluding carboxylic acids is 1. The van der Waals surface area contributed by atoms with Crippen LogP contribution in [0.1, 0.15) is 13.8 Å². The van der Waals surface area contributed by atoms with Crippen molar-refractivity contribution in [2.45, 2.75) is 25.9 Å². The normalized spacial score (nSPS) is 31.0. The van der Waals surface area contributed by atoms with E-state index in [1.807, 2.05) is 37.3 Å². The summed E-state index contributed by atoms with van der Waals surface area (Å²) < 4.78 is 0. The number of hydrogen-bond acceptors (Lipinski definition) is 3. The van der Waals surface area contributed by atoms with Crippen molar-refractivity contribution >= 4 is 11.6 Å². The molecule has 4 unspecified atom stereocenters. The standard InChI is InChI=1S/C16H23N3O/c1-11-15-9-17-8-13(15)10-19(11)12(2)16(20)18-14-6-4-3-5-7-14/h3-7,11-13,15,17H,8-10H2,1-2H3,(H,18,20). The van der Waals surface area contributed by atoms with Gasteiger partial charge in [-0.15, -0.1) is 0 Å². The van der Waals surface area contributed by atoms with E-state index in [0.717, 1.165) is 25.3 Å². The molecule has 2 heterocycles. The lowest BCUT2D eigenvalue weighted by molar-refractivity contribution is -0.121. The maximum absolute atomic E-state index is 12.4. The lowest BCUT2D eigenvalue weighted by atomic mass is 9.95. The van der Waals surface area contributed by atoms with E-state index in [1.165, 1.54) is 0 Å². The van der Waals surface area contributed by atoms with Gasteiger partial charge in [0.25, 0.3) is 0 Å². The highest BCUT2D eigenvalue weighted by molar-refractivity contribution is 5.94. The van der Waals surface area contributed by atoms with Crippen LogP contribution in [0, 0.1) is 11.8 Å². The zero-order valence-corrected chi connectivity index (χ0v) is 12.2. The van der Waals surface area contributed by atoms with Gasteiger partial charge in [0.15, 0.2) is 0 Å². The number of nitrogens with one attached hydrogen (secondary N) is 2. The summed E-state index contributed by atoms with van der Waals surface area (Å²) in [6.45, 7) is 7.49. The molecule has 2 N–H and O–H groups in total. The molecule has 2 aliphatic rings. The van der Waals surface area contributed by atoms with Gasteiger partial charge in [-0.2, -0.15) is 0 Å². The van der Waals surface area contributed by atoms with Gasteiger partial charge in [0.1, 0.15) is 0 Å². The predicted molar refractivity (Wildman–Crippen MR) is 80.6 cm³/mol. The molecule has 2 aliphatic heterocycles. The van der Waals surface area contributed by atoms with Gasteiger partial charge >= 0.3 is 0 Å². The Balaban J connectivity index is 1.64. The third-order valence-corrected chi connectivity index (χ3v) is 4.90. The van der Waals surface area contributed by atoms with Crippen LogP contribution < -0.4 is 10.6 Å². The van der Waals surface area contributed by atoms with Crippen molar-refractivity contribution in [3.63, 3.8) is 0 Å². The Labute approximate surface area is 120 Å². The minimum Gasteiger partial charge on any atom is -0.325 e. The number of nitrogens with zero attached hydrogens (tertiary/aromatic N) is 1. The fourth-order valence-corrected chi connectivity index (χ4v) is 3.63. The number of likely N-dealkylation sites (tertiary alicyclic amines) is 1. The first-order valence-electron chi connectivity index (χ1n) is 7.49. The molecular weight excluding hydrogens is 250 g/mol. The zero-order chi connectivity index (χ0) is 14.1. The number of para-hydroxylation sites is 1. The molecule has 0 saturated carbocycles. The van der Waals surface area contributed by atoms with Crippen LogP contribution in [0.2, 0.25) is 0 Å². The lowest BCUT2D eigenvalue weighted by Gasteiger charge is -2.29. The van der Waals surface area contributed by atoms with E-state index in [1.54, 1.807) is 0 Å². The van der Waals surface area contributed by atoms with Crippen LogP contribution in [0.25, 0.3) is 0 Å². The number of amides is 1. The van der Waals surface area contributed by atoms with Gasteiger partial charge in [-0.05, 0) is 50.9 Å². The average Bonchev–Trinajstić information content (AvgIpc) is 3.02. The predicted octanol–water partition coefficient (Wildman–Crippen LogP) is 1.55. The van der Waals surface area contributed by atoms with Gasteiger partial charge in [-0.25, -0.2) is 0 Å². The second-order valence-corrected chi connectivity index (χ2v) is 6.05. The first-order chi connectivity index (χ1) is 9.66. The highest BCUT2D eigenvalue weighted by Gasteiger charge is 2.44. The molecule has 108 valence electrons. The average molecular weight is 273 g/mol. The SMILES string of the molecule is CC(C(=O)Nc1ccccc1)N1CC2CNCC2C1C. The molecule has 2 saturated heterocycles. The molecule has 3 rings (SSSR count). The van der Waals surface area contributed by atoms with Crippen molar-refractivity contribution in [1.29, 1.82) is 0 Å². The Kier molecular flexibility index (Phi) is 3.76. The molecule has 0 aromatic heterocycles. The highest BCUT2D eigenvalue weighted by atomic mass is 16.2. The fraction of sp³-hybridized carbons (Fsp3) is 0.562. The van der Waals surface area contributed by atoms with Crippen molar-refractivity contribution in [2.75, 3.05) is 25.0 Å². The molecule has 1 aromatic rings. The topological polar surface area (TPSA) is 44.4 Å². The van der Waals surface area contributed by atoms with Gasteiger partial charge in [-0.1, -0.05) is 18.2 Å². The summed E-state index contributed by atoms with van der Waals surface area (Å²) in [5.41, 5.74) is 0.873. The monoisotopic (exact) mass is 273 g/mol. The van der Waals surface area contributed by atoms with Gasteiger partial charge < -0.3 is 10.6 Å². The Bertz CT molecular complexity index is 476. The van der Waals surface area contributed by atoms with E-state index in [-0.39, 0.29) is 11.9 Å². The lowest BCUT2D eigenvalue weighted by Crippen LogP contribution is -2.45. The number of carbonyl (C=O) groups is 1. The van der Waals surface area contributed by atoms with Crippen LogP contribution in [-0.2, 0) is 4.79 Å². The molecule has 0 bridgehead atoms. The Morgan fingerprint density at radius 2 is 2.10 bits per heavy atom. The summed E-state index contributed by atoms with van der Waals surface area (Å²) in [4.78, 5) is 14.8. The van der Waals surface area contributed by atoms with Crippen molar-refractivity contribution in [3.05, 3.63) is 30.3 Å². The van der Waals surface area contributed by atoms with Crippen LogP contribution in [0.15, 0.2) is 30.3 Å². The minimum atomic E-state index is -0.0733. The molecule has 1 amide bonds. The molecule has 4 nitrogen and oxygen atoms in total. The van der Waals surface area contributed by atoms with Crippen LogP contribution >= 0.6 is 0 Å². The van der Waals surface area contributed by atoms with E-state index in [4.69, 9.17) is 0 Å². The summed E-state index contributed by atoms with van der Waals surface area (Å²) in [5.74, 6) is 1.50. The molecule has 0 radical (unpaired) electrons. The second kappa shape index (κ2) is 5.54. The van der Waals surface area contributed by atoms with Crippen LogP contribution in [-0.4, -0.2) is 42.5 Å². The summed E-state index contributed by atoms with van der Waals surface area (Å²) in [7, 11) is 0. The third kappa shape index (κ3) is 2.45. The fourth-order valence-electron chi connectivity index (χ4n) is 3.63. The van der Waals surface area contributed by atoms with E-state index < -0.39 is 0 Å². The van der Waals surface area contributed by atoms with E-state index in [9.17, 15) is 4.79 Å². The third-order valence-electron chi connectivity index (χ3n) is 4.90. The summed E-state index contributed by atoms with van der Waals surface area (Å²) >= 11 is 0. The molecule has 0 aliphatic carbocycles. The zero-order valence-electron chi connectivity index (χ0n) is 12.2. The summed E-state index contributed by atoms with van der Waals surface area (Å²) in [5, 5.41) is 6.46. The summed E-state index contributed by atoms with van der Waals surface area (Å²) in [6.07, 6.45) is 0. The Morgan fingerprint density at radius 1 is 1.35 bits per heavy atom. The van der Waals surface area contributed by atoms with Crippen molar-refractivity contribution in [1.82, 2.24) is 10.2 Å². The molecule has 20 heavy (non-hydrogen) atoms. The van der Waals surface area contributed by atoms with Crippen molar-refractivity contribution < 1.29 is 4.79 Å².